The third-order valence-electron chi connectivity index (χ3n) is 3.94. The van der Waals surface area contributed by atoms with Crippen molar-refractivity contribution >= 4 is 5.91 Å². The predicted octanol–water partition coefficient (Wildman–Crippen LogP) is 2.81. The maximum atomic E-state index is 12.3. The number of carbonyl (C=O) groups is 1. The second kappa shape index (κ2) is 7.79. The number of methoxy groups -OCH3 is 1. The minimum absolute atomic E-state index is 0.165. The van der Waals surface area contributed by atoms with E-state index in [0.29, 0.717) is 18.1 Å². The van der Waals surface area contributed by atoms with Crippen molar-refractivity contribution in [3.05, 3.63) is 23.7 Å². The first-order chi connectivity index (χ1) is 10.5. The molecule has 1 saturated heterocycles. The normalized spacial score (nSPS) is 17.2. The van der Waals surface area contributed by atoms with Crippen LogP contribution in [0.5, 0.6) is 0 Å². The molecule has 0 saturated carbocycles. The summed E-state index contributed by atoms with van der Waals surface area (Å²) in [5.41, 5.74) is -0.282. The van der Waals surface area contributed by atoms with E-state index in [-0.39, 0.29) is 11.4 Å². The molecular formula is C17H28N2O3. The zero-order valence-electron chi connectivity index (χ0n) is 14.0. The number of ether oxygens (including phenoxy) is 1. The lowest BCUT2D eigenvalue weighted by Crippen LogP contribution is -2.51. The summed E-state index contributed by atoms with van der Waals surface area (Å²) in [6.45, 7) is 7.62. The van der Waals surface area contributed by atoms with Crippen molar-refractivity contribution in [2.75, 3.05) is 26.7 Å². The quantitative estimate of drug-likeness (QED) is 0.878. The SMILES string of the molecule is COCc1ccc(C(=O)NC(C)(C)CN2CCCCCC2)o1. The maximum absolute atomic E-state index is 12.3. The van der Waals surface area contributed by atoms with Crippen LogP contribution in [0.4, 0.5) is 0 Å². The lowest BCUT2D eigenvalue weighted by atomic mass is 10.0. The molecule has 124 valence electrons. The molecule has 1 aliphatic rings. The van der Waals surface area contributed by atoms with Gasteiger partial charge in [0.25, 0.3) is 5.91 Å². The van der Waals surface area contributed by atoms with Gasteiger partial charge in [-0.05, 0) is 51.9 Å². The molecule has 1 aromatic rings. The smallest absolute Gasteiger partial charge is 0.287 e. The largest absolute Gasteiger partial charge is 0.453 e. The summed E-state index contributed by atoms with van der Waals surface area (Å²) >= 11 is 0. The number of hydrogen-bond acceptors (Lipinski definition) is 4. The van der Waals surface area contributed by atoms with E-state index >= 15 is 0 Å². The zero-order chi connectivity index (χ0) is 16.0. The molecule has 5 nitrogen and oxygen atoms in total. The van der Waals surface area contributed by atoms with Crippen LogP contribution in [0.15, 0.2) is 16.5 Å². The van der Waals surface area contributed by atoms with Gasteiger partial charge in [0.05, 0.1) is 0 Å². The molecule has 5 heteroatoms. The number of nitrogens with zero attached hydrogens (tertiary/aromatic N) is 1. The third kappa shape index (κ3) is 5.14. The van der Waals surface area contributed by atoms with Crippen molar-refractivity contribution < 1.29 is 13.9 Å². The number of amides is 1. The second-order valence-corrected chi connectivity index (χ2v) is 6.73. The van der Waals surface area contributed by atoms with E-state index in [1.807, 2.05) is 0 Å². The molecule has 0 bridgehead atoms. The number of rotatable bonds is 6. The number of carbonyl (C=O) groups excluding carboxylic acids is 1. The van der Waals surface area contributed by atoms with Gasteiger partial charge in [-0.2, -0.15) is 0 Å². The van der Waals surface area contributed by atoms with Crippen LogP contribution in [-0.2, 0) is 11.3 Å². The minimum Gasteiger partial charge on any atom is -0.453 e. The van der Waals surface area contributed by atoms with Crippen LogP contribution in [0.25, 0.3) is 0 Å². The lowest BCUT2D eigenvalue weighted by molar-refractivity contribution is 0.0851. The fourth-order valence-electron chi connectivity index (χ4n) is 2.98. The fourth-order valence-corrected chi connectivity index (χ4v) is 2.98. The first-order valence-electron chi connectivity index (χ1n) is 8.13. The highest BCUT2D eigenvalue weighted by molar-refractivity contribution is 5.92. The molecule has 2 rings (SSSR count). The Balaban J connectivity index is 1.90. The summed E-state index contributed by atoms with van der Waals surface area (Å²) in [5.74, 6) is 0.844. The Morgan fingerprint density at radius 3 is 2.59 bits per heavy atom. The van der Waals surface area contributed by atoms with Crippen molar-refractivity contribution in [1.82, 2.24) is 10.2 Å². The van der Waals surface area contributed by atoms with Gasteiger partial charge in [0.15, 0.2) is 5.76 Å². The van der Waals surface area contributed by atoms with Gasteiger partial charge in [0.1, 0.15) is 12.4 Å². The van der Waals surface area contributed by atoms with E-state index in [0.717, 1.165) is 19.6 Å². The highest BCUT2D eigenvalue weighted by atomic mass is 16.5. The molecule has 1 fully saturated rings. The van der Waals surface area contributed by atoms with E-state index in [4.69, 9.17) is 9.15 Å². The van der Waals surface area contributed by atoms with Gasteiger partial charge in [-0.3, -0.25) is 4.79 Å². The summed E-state index contributed by atoms with van der Waals surface area (Å²) in [6.07, 6.45) is 5.14. The van der Waals surface area contributed by atoms with Crippen LogP contribution in [0.1, 0.15) is 55.8 Å². The molecule has 22 heavy (non-hydrogen) atoms. The molecule has 0 aromatic carbocycles. The second-order valence-electron chi connectivity index (χ2n) is 6.73. The van der Waals surface area contributed by atoms with Crippen LogP contribution < -0.4 is 5.32 Å². The van der Waals surface area contributed by atoms with Crippen molar-refractivity contribution in [2.24, 2.45) is 0 Å². The molecule has 1 aromatic heterocycles. The van der Waals surface area contributed by atoms with E-state index in [9.17, 15) is 4.79 Å². The molecule has 2 heterocycles. The Morgan fingerprint density at radius 1 is 1.27 bits per heavy atom. The zero-order valence-corrected chi connectivity index (χ0v) is 14.0. The first-order valence-corrected chi connectivity index (χ1v) is 8.13. The summed E-state index contributed by atoms with van der Waals surface area (Å²) in [7, 11) is 1.60. The van der Waals surface area contributed by atoms with E-state index in [2.05, 4.69) is 24.1 Å². The van der Waals surface area contributed by atoms with Crippen molar-refractivity contribution in [3.63, 3.8) is 0 Å². The van der Waals surface area contributed by atoms with Crippen molar-refractivity contribution in [2.45, 2.75) is 51.7 Å². The van der Waals surface area contributed by atoms with Gasteiger partial charge >= 0.3 is 0 Å². The van der Waals surface area contributed by atoms with E-state index in [1.165, 1.54) is 25.7 Å². The molecule has 0 aliphatic carbocycles. The molecule has 0 atom stereocenters. The highest BCUT2D eigenvalue weighted by Crippen LogP contribution is 2.15. The average Bonchev–Trinajstić information content (AvgIpc) is 2.77. The van der Waals surface area contributed by atoms with Crippen LogP contribution in [0, 0.1) is 0 Å². The van der Waals surface area contributed by atoms with Crippen LogP contribution >= 0.6 is 0 Å². The minimum atomic E-state index is -0.282. The summed E-state index contributed by atoms with van der Waals surface area (Å²) in [6, 6.07) is 3.48. The molecule has 1 N–H and O–H groups in total. The summed E-state index contributed by atoms with van der Waals surface area (Å²) < 4.78 is 10.5. The number of hydrogen-bond donors (Lipinski definition) is 1. The van der Waals surface area contributed by atoms with Crippen molar-refractivity contribution in [1.29, 1.82) is 0 Å². The van der Waals surface area contributed by atoms with Crippen molar-refractivity contribution in [3.8, 4) is 0 Å². The summed E-state index contributed by atoms with van der Waals surface area (Å²) in [4.78, 5) is 14.8. The number of furan rings is 1. The van der Waals surface area contributed by atoms with E-state index < -0.39 is 0 Å². The molecule has 0 spiro atoms. The Bertz CT molecular complexity index is 474. The maximum Gasteiger partial charge on any atom is 0.287 e. The van der Waals surface area contributed by atoms with E-state index in [1.54, 1.807) is 19.2 Å². The van der Waals surface area contributed by atoms with Crippen LogP contribution in [-0.4, -0.2) is 43.1 Å². The van der Waals surface area contributed by atoms with Crippen LogP contribution in [0.3, 0.4) is 0 Å². The van der Waals surface area contributed by atoms with Gasteiger partial charge in [-0.1, -0.05) is 12.8 Å². The van der Waals surface area contributed by atoms with Gasteiger partial charge in [-0.15, -0.1) is 0 Å². The van der Waals surface area contributed by atoms with Gasteiger partial charge in [0.2, 0.25) is 0 Å². The molecule has 1 aliphatic heterocycles. The predicted molar refractivity (Wildman–Crippen MR) is 85.9 cm³/mol. The Morgan fingerprint density at radius 2 is 1.95 bits per heavy atom. The summed E-state index contributed by atoms with van der Waals surface area (Å²) in [5, 5.41) is 3.08. The number of nitrogens with one attached hydrogen (secondary N) is 1. The topological polar surface area (TPSA) is 54.7 Å². The van der Waals surface area contributed by atoms with Gasteiger partial charge in [-0.25, -0.2) is 0 Å². The Hall–Kier alpha value is -1.33. The molecule has 1 amide bonds. The highest BCUT2D eigenvalue weighted by Gasteiger charge is 2.26. The lowest BCUT2D eigenvalue weighted by Gasteiger charge is -2.32. The monoisotopic (exact) mass is 308 g/mol. The molecule has 0 radical (unpaired) electrons. The standard InChI is InChI=1S/C17H28N2O3/c1-17(2,13-19-10-6-4-5-7-11-19)18-16(20)15-9-8-14(22-15)12-21-3/h8-9H,4-7,10-13H2,1-3H3,(H,18,20). The van der Waals surface area contributed by atoms with Crippen LogP contribution in [0.2, 0.25) is 0 Å². The van der Waals surface area contributed by atoms with Gasteiger partial charge < -0.3 is 19.4 Å². The average molecular weight is 308 g/mol. The Labute approximate surface area is 133 Å². The molecule has 0 unspecified atom stereocenters. The number of likely N-dealkylation sites (tertiary alicyclic amines) is 1. The Kier molecular flexibility index (Phi) is 6.03. The third-order valence-corrected chi connectivity index (χ3v) is 3.94. The fraction of sp³-hybridized carbons (Fsp3) is 0.706. The van der Waals surface area contributed by atoms with Gasteiger partial charge in [0, 0.05) is 19.2 Å². The molecular weight excluding hydrogens is 280 g/mol. The first kappa shape index (κ1) is 17.0.